The summed E-state index contributed by atoms with van der Waals surface area (Å²) in [4.78, 5) is 4.28. The van der Waals surface area contributed by atoms with Crippen molar-refractivity contribution in [2.45, 2.75) is 6.92 Å². The zero-order chi connectivity index (χ0) is 8.55. The Hall–Kier alpha value is -0.640. The molecule has 0 aliphatic heterocycles. The van der Waals surface area contributed by atoms with E-state index in [4.69, 9.17) is 0 Å². The van der Waals surface area contributed by atoms with E-state index in [9.17, 15) is 0 Å². The number of nitrogens with zero attached hydrogens (tertiary/aromatic N) is 1. The van der Waals surface area contributed by atoms with Crippen molar-refractivity contribution in [2.75, 3.05) is 0 Å². The molecule has 0 unspecified atom stereocenters. The highest BCUT2D eigenvalue weighted by atomic mass is 127. The maximum Gasteiger partial charge on any atom is 0.0705 e. The molecular weight excluding hydrogens is 261 g/mol. The smallest absolute Gasteiger partial charge is 0.0705 e. The first kappa shape index (κ1) is 7.98. The Morgan fingerprint density at radius 1 is 1.25 bits per heavy atom. The van der Waals surface area contributed by atoms with Gasteiger partial charge in [0.2, 0.25) is 0 Å². The number of fused-ring (bicyclic) bond motifs is 1. The van der Waals surface area contributed by atoms with Crippen molar-refractivity contribution in [2.24, 2.45) is 0 Å². The van der Waals surface area contributed by atoms with Gasteiger partial charge in [-0.05, 0) is 53.3 Å². The summed E-state index contributed by atoms with van der Waals surface area (Å²) >= 11 is 2.34. The van der Waals surface area contributed by atoms with Crippen LogP contribution in [0.5, 0.6) is 0 Å². The Morgan fingerprint density at radius 3 is 2.92 bits per heavy atom. The maximum absolute atomic E-state index is 4.28. The Kier molecular flexibility index (Phi) is 2.00. The van der Waals surface area contributed by atoms with Crippen LogP contribution in [-0.2, 0) is 0 Å². The van der Waals surface area contributed by atoms with Gasteiger partial charge in [-0.15, -0.1) is 0 Å². The second-order valence-corrected chi connectivity index (χ2v) is 3.90. The molecule has 0 radical (unpaired) electrons. The van der Waals surface area contributed by atoms with E-state index in [0.29, 0.717) is 0 Å². The fraction of sp³-hybridized carbons (Fsp3) is 0.100. The maximum atomic E-state index is 4.28. The van der Waals surface area contributed by atoms with Crippen molar-refractivity contribution < 1.29 is 0 Å². The van der Waals surface area contributed by atoms with Gasteiger partial charge in [0, 0.05) is 15.2 Å². The number of rotatable bonds is 0. The summed E-state index contributed by atoms with van der Waals surface area (Å²) in [6.07, 6.45) is 1.83. The lowest BCUT2D eigenvalue weighted by molar-refractivity contribution is 1.38. The molecule has 1 nitrogen and oxygen atoms in total. The van der Waals surface area contributed by atoms with Crippen molar-refractivity contribution in [1.82, 2.24) is 4.98 Å². The Labute approximate surface area is 85.0 Å². The van der Waals surface area contributed by atoms with Crippen LogP contribution in [0, 0.1) is 10.5 Å². The monoisotopic (exact) mass is 269 g/mol. The minimum absolute atomic E-state index is 1.08. The number of aryl methyl sites for hydroxylation is 1. The van der Waals surface area contributed by atoms with Crippen molar-refractivity contribution in [3.8, 4) is 0 Å². The van der Waals surface area contributed by atoms with Gasteiger partial charge in [0.15, 0.2) is 0 Å². The van der Waals surface area contributed by atoms with Gasteiger partial charge in [0.25, 0.3) is 0 Å². The number of hydrogen-bond donors (Lipinski definition) is 0. The topological polar surface area (TPSA) is 12.9 Å². The molecule has 0 bridgehead atoms. The predicted octanol–water partition coefficient (Wildman–Crippen LogP) is 3.15. The molecule has 12 heavy (non-hydrogen) atoms. The first-order valence-corrected chi connectivity index (χ1v) is 4.87. The fourth-order valence-electron chi connectivity index (χ4n) is 1.27. The number of pyridine rings is 1. The molecule has 2 heteroatoms. The van der Waals surface area contributed by atoms with Gasteiger partial charge in [-0.3, -0.25) is 4.98 Å². The van der Waals surface area contributed by atoms with Crippen molar-refractivity contribution >= 4 is 33.5 Å². The van der Waals surface area contributed by atoms with Gasteiger partial charge < -0.3 is 0 Å². The van der Waals surface area contributed by atoms with Gasteiger partial charge in [-0.1, -0.05) is 6.07 Å². The molecule has 0 saturated carbocycles. The molecule has 0 aliphatic carbocycles. The Balaban J connectivity index is 2.91. The molecule has 2 rings (SSSR count). The van der Waals surface area contributed by atoms with Crippen molar-refractivity contribution in [1.29, 1.82) is 0 Å². The summed E-state index contributed by atoms with van der Waals surface area (Å²) in [5, 5.41) is 1.25. The van der Waals surface area contributed by atoms with Crippen LogP contribution in [0.2, 0.25) is 0 Å². The third-order valence-corrected chi connectivity index (χ3v) is 3.16. The third-order valence-electron chi connectivity index (χ3n) is 1.99. The van der Waals surface area contributed by atoms with E-state index in [1.165, 1.54) is 14.5 Å². The van der Waals surface area contributed by atoms with Gasteiger partial charge in [-0.25, -0.2) is 0 Å². The zero-order valence-electron chi connectivity index (χ0n) is 6.71. The standard InChI is InChI=1S/C10H8IN/c1-7-8-3-2-6-12-10(8)5-4-9(7)11/h2-6H,1H3. The summed E-state index contributed by atoms with van der Waals surface area (Å²) in [7, 11) is 0. The average molecular weight is 269 g/mol. The summed E-state index contributed by atoms with van der Waals surface area (Å²) < 4.78 is 1.30. The van der Waals surface area contributed by atoms with E-state index >= 15 is 0 Å². The minimum Gasteiger partial charge on any atom is -0.256 e. The third kappa shape index (κ3) is 1.20. The molecule has 0 spiro atoms. The summed E-state index contributed by atoms with van der Waals surface area (Å²) in [6, 6.07) is 8.25. The first-order valence-electron chi connectivity index (χ1n) is 3.79. The van der Waals surface area contributed by atoms with E-state index in [-0.39, 0.29) is 0 Å². The van der Waals surface area contributed by atoms with Crippen LogP contribution in [0.25, 0.3) is 10.9 Å². The van der Waals surface area contributed by atoms with Crippen LogP contribution in [0.15, 0.2) is 30.5 Å². The molecule has 0 fully saturated rings. The molecule has 0 aliphatic rings. The zero-order valence-corrected chi connectivity index (χ0v) is 8.87. The second-order valence-electron chi connectivity index (χ2n) is 2.74. The van der Waals surface area contributed by atoms with Crippen LogP contribution in [0.1, 0.15) is 5.56 Å². The number of benzene rings is 1. The van der Waals surface area contributed by atoms with Crippen LogP contribution in [-0.4, -0.2) is 4.98 Å². The van der Waals surface area contributed by atoms with Crippen LogP contribution < -0.4 is 0 Å². The Bertz CT molecular complexity index is 423. The van der Waals surface area contributed by atoms with E-state index in [1.807, 2.05) is 12.3 Å². The van der Waals surface area contributed by atoms with Crippen LogP contribution in [0.3, 0.4) is 0 Å². The summed E-state index contributed by atoms with van der Waals surface area (Å²) in [6.45, 7) is 2.13. The molecule has 1 heterocycles. The van der Waals surface area contributed by atoms with Gasteiger partial charge in [-0.2, -0.15) is 0 Å². The Morgan fingerprint density at radius 2 is 2.08 bits per heavy atom. The molecule has 0 amide bonds. The van der Waals surface area contributed by atoms with E-state index < -0.39 is 0 Å². The van der Waals surface area contributed by atoms with Crippen molar-refractivity contribution in [3.63, 3.8) is 0 Å². The minimum atomic E-state index is 1.08. The first-order chi connectivity index (χ1) is 5.79. The van der Waals surface area contributed by atoms with Crippen LogP contribution >= 0.6 is 22.6 Å². The quantitative estimate of drug-likeness (QED) is 0.669. The number of hydrogen-bond acceptors (Lipinski definition) is 1. The summed E-state index contributed by atoms with van der Waals surface area (Å²) in [5.74, 6) is 0. The number of aromatic nitrogens is 1. The van der Waals surface area contributed by atoms with Crippen LogP contribution in [0.4, 0.5) is 0 Å². The normalized spacial score (nSPS) is 10.5. The molecule has 0 saturated heterocycles. The lowest BCUT2D eigenvalue weighted by atomic mass is 10.1. The summed E-state index contributed by atoms with van der Waals surface area (Å²) in [5.41, 5.74) is 2.40. The molecule has 2 aromatic rings. The van der Waals surface area contributed by atoms with Gasteiger partial charge in [0.1, 0.15) is 0 Å². The van der Waals surface area contributed by atoms with Gasteiger partial charge >= 0.3 is 0 Å². The lowest BCUT2D eigenvalue weighted by Crippen LogP contribution is -1.84. The van der Waals surface area contributed by atoms with E-state index in [0.717, 1.165) is 5.52 Å². The highest BCUT2D eigenvalue weighted by molar-refractivity contribution is 14.1. The SMILES string of the molecule is Cc1c(I)ccc2ncccc12. The van der Waals surface area contributed by atoms with E-state index in [1.54, 1.807) is 0 Å². The highest BCUT2D eigenvalue weighted by Crippen LogP contribution is 2.20. The molecule has 0 atom stereocenters. The second kappa shape index (κ2) is 3.01. The largest absolute Gasteiger partial charge is 0.256 e. The van der Waals surface area contributed by atoms with Crippen molar-refractivity contribution in [3.05, 3.63) is 39.6 Å². The fourth-order valence-corrected chi connectivity index (χ4v) is 1.74. The van der Waals surface area contributed by atoms with E-state index in [2.05, 4.69) is 52.7 Å². The molecular formula is C10H8IN. The molecule has 1 aromatic heterocycles. The number of halogens is 1. The average Bonchev–Trinajstić information content (AvgIpc) is 2.12. The highest BCUT2D eigenvalue weighted by Gasteiger charge is 1.99. The molecule has 1 aromatic carbocycles. The molecule has 0 N–H and O–H groups in total. The predicted molar refractivity (Wildman–Crippen MR) is 59.2 cm³/mol. The molecule has 60 valence electrons. The van der Waals surface area contributed by atoms with Gasteiger partial charge in [0.05, 0.1) is 5.52 Å². The lowest BCUT2D eigenvalue weighted by Gasteiger charge is -2.02.